The van der Waals surface area contributed by atoms with Crippen LogP contribution >= 0.6 is 0 Å². The summed E-state index contributed by atoms with van der Waals surface area (Å²) in [6, 6.07) is 0. The smallest absolute Gasteiger partial charge is 0.154 e. The number of fused-ring (bicyclic) bond motifs is 1. The Morgan fingerprint density at radius 1 is 1.56 bits per heavy atom. The monoisotopic (exact) mass is 122 g/mol. The van der Waals surface area contributed by atoms with Crippen LogP contribution in [0.3, 0.4) is 0 Å². The zero-order chi connectivity index (χ0) is 6.32. The van der Waals surface area contributed by atoms with Crippen molar-refractivity contribution in [2.45, 2.75) is 37.4 Å². The maximum Gasteiger partial charge on any atom is 0.154 e. The number of ether oxygens (including phenoxy) is 1. The fourth-order valence-corrected chi connectivity index (χ4v) is 1.65. The van der Waals surface area contributed by atoms with Gasteiger partial charge >= 0.3 is 0 Å². The van der Waals surface area contributed by atoms with Crippen LogP contribution < -0.4 is 0 Å². The molecule has 0 aromatic rings. The van der Waals surface area contributed by atoms with Gasteiger partial charge in [0.05, 0.1) is 6.10 Å². The molecule has 0 amide bonds. The van der Waals surface area contributed by atoms with Crippen LogP contribution in [0, 0.1) is 12.3 Å². The third-order valence-electron chi connectivity index (χ3n) is 2.32. The fourth-order valence-electron chi connectivity index (χ4n) is 1.65. The third-order valence-corrected chi connectivity index (χ3v) is 2.32. The quantitative estimate of drug-likeness (QED) is 0.349. The van der Waals surface area contributed by atoms with Crippen LogP contribution in [0.15, 0.2) is 0 Å². The number of terminal acetylenes is 1. The van der Waals surface area contributed by atoms with Gasteiger partial charge in [0.2, 0.25) is 0 Å². The molecule has 2 fully saturated rings. The Hall–Kier alpha value is -0.480. The molecule has 1 aliphatic carbocycles. The predicted octanol–water partition coefficient (Wildman–Crippen LogP) is 1.33. The van der Waals surface area contributed by atoms with Gasteiger partial charge < -0.3 is 4.74 Å². The number of hydrogen-bond acceptors (Lipinski definition) is 1. The topological polar surface area (TPSA) is 12.5 Å². The second-order valence-electron chi connectivity index (χ2n) is 2.89. The lowest BCUT2D eigenvalue weighted by atomic mass is 9.90. The van der Waals surface area contributed by atoms with Gasteiger partial charge in [-0.05, 0) is 19.3 Å². The van der Waals surface area contributed by atoms with Crippen LogP contribution in [0.1, 0.15) is 25.7 Å². The van der Waals surface area contributed by atoms with Crippen LogP contribution in [0.25, 0.3) is 0 Å². The zero-order valence-electron chi connectivity index (χ0n) is 5.39. The Balaban J connectivity index is 2.11. The number of rotatable bonds is 0. The molecule has 0 aromatic heterocycles. The second-order valence-corrected chi connectivity index (χ2v) is 2.89. The van der Waals surface area contributed by atoms with E-state index in [1.807, 2.05) is 0 Å². The summed E-state index contributed by atoms with van der Waals surface area (Å²) in [6.45, 7) is 0. The fraction of sp³-hybridized carbons (Fsp3) is 0.750. The molecule has 1 saturated carbocycles. The molecular formula is C8H10O. The van der Waals surface area contributed by atoms with Crippen molar-refractivity contribution in [2.75, 3.05) is 0 Å². The molecule has 2 aliphatic rings. The summed E-state index contributed by atoms with van der Waals surface area (Å²) in [6.07, 6.45) is 10.6. The van der Waals surface area contributed by atoms with E-state index in [9.17, 15) is 0 Å². The van der Waals surface area contributed by atoms with Crippen LogP contribution in [-0.2, 0) is 4.74 Å². The molecule has 2 rings (SSSR count). The first-order valence-corrected chi connectivity index (χ1v) is 3.53. The minimum atomic E-state index is -0.0851. The van der Waals surface area contributed by atoms with Crippen molar-refractivity contribution in [3.8, 4) is 12.3 Å². The molecule has 48 valence electrons. The molecule has 9 heavy (non-hydrogen) atoms. The zero-order valence-corrected chi connectivity index (χ0v) is 5.39. The van der Waals surface area contributed by atoms with Crippen molar-refractivity contribution < 1.29 is 4.74 Å². The van der Waals surface area contributed by atoms with Gasteiger partial charge in [-0.2, -0.15) is 0 Å². The predicted molar refractivity (Wildman–Crippen MR) is 34.9 cm³/mol. The Kier molecular flexibility index (Phi) is 0.896. The van der Waals surface area contributed by atoms with E-state index in [4.69, 9.17) is 11.2 Å². The molecule has 1 heteroatoms. The van der Waals surface area contributed by atoms with Gasteiger partial charge in [-0.15, -0.1) is 6.42 Å². The Labute approximate surface area is 55.4 Å². The minimum absolute atomic E-state index is 0.0851. The normalized spacial score (nSPS) is 47.2. The van der Waals surface area contributed by atoms with Crippen LogP contribution in [0.2, 0.25) is 0 Å². The van der Waals surface area contributed by atoms with E-state index in [1.54, 1.807) is 0 Å². The summed E-state index contributed by atoms with van der Waals surface area (Å²) < 4.78 is 5.38. The highest BCUT2D eigenvalue weighted by Gasteiger charge is 2.55. The van der Waals surface area contributed by atoms with Gasteiger partial charge in [0.1, 0.15) is 0 Å². The third kappa shape index (κ3) is 0.601. The Morgan fingerprint density at radius 2 is 2.44 bits per heavy atom. The van der Waals surface area contributed by atoms with E-state index < -0.39 is 0 Å². The summed E-state index contributed by atoms with van der Waals surface area (Å²) >= 11 is 0. The number of epoxide rings is 1. The van der Waals surface area contributed by atoms with Crippen molar-refractivity contribution in [1.82, 2.24) is 0 Å². The second kappa shape index (κ2) is 1.52. The van der Waals surface area contributed by atoms with Crippen molar-refractivity contribution in [3.63, 3.8) is 0 Å². The van der Waals surface area contributed by atoms with E-state index in [-0.39, 0.29) is 5.60 Å². The van der Waals surface area contributed by atoms with Crippen LogP contribution in [0.5, 0.6) is 0 Å². The first-order chi connectivity index (χ1) is 4.37. The van der Waals surface area contributed by atoms with E-state index in [0.29, 0.717) is 6.10 Å². The first kappa shape index (κ1) is 5.32. The molecule has 0 N–H and O–H groups in total. The Morgan fingerprint density at radius 3 is 3.00 bits per heavy atom. The number of hydrogen-bond donors (Lipinski definition) is 0. The highest BCUT2D eigenvalue weighted by Crippen LogP contribution is 2.46. The molecule has 0 radical (unpaired) electrons. The molecule has 1 aliphatic heterocycles. The molecule has 0 aromatic carbocycles. The van der Waals surface area contributed by atoms with E-state index in [1.165, 1.54) is 19.3 Å². The highest BCUT2D eigenvalue weighted by molar-refractivity contribution is 5.23. The van der Waals surface area contributed by atoms with Gasteiger partial charge in [-0.25, -0.2) is 0 Å². The lowest BCUT2D eigenvalue weighted by Gasteiger charge is -2.09. The maximum absolute atomic E-state index is 5.38. The average molecular weight is 122 g/mol. The molecule has 1 heterocycles. The summed E-state index contributed by atoms with van der Waals surface area (Å²) in [5.74, 6) is 2.73. The average Bonchev–Trinajstić information content (AvgIpc) is 2.62. The van der Waals surface area contributed by atoms with Gasteiger partial charge in [0.15, 0.2) is 5.60 Å². The summed E-state index contributed by atoms with van der Waals surface area (Å²) in [5, 5.41) is 0. The standard InChI is InChI=1S/C8H10O/c1-2-8-6-4-3-5-7(8)9-8/h1,7H,3-6H2/t7-,8-/m0/s1. The van der Waals surface area contributed by atoms with Crippen molar-refractivity contribution in [3.05, 3.63) is 0 Å². The van der Waals surface area contributed by atoms with Crippen molar-refractivity contribution >= 4 is 0 Å². The minimum Gasteiger partial charge on any atom is -0.352 e. The van der Waals surface area contributed by atoms with E-state index >= 15 is 0 Å². The summed E-state index contributed by atoms with van der Waals surface area (Å²) in [4.78, 5) is 0. The summed E-state index contributed by atoms with van der Waals surface area (Å²) in [5.41, 5.74) is -0.0851. The molecule has 0 spiro atoms. The van der Waals surface area contributed by atoms with Crippen LogP contribution in [-0.4, -0.2) is 11.7 Å². The van der Waals surface area contributed by atoms with Gasteiger partial charge in [0, 0.05) is 0 Å². The van der Waals surface area contributed by atoms with Crippen LogP contribution in [0.4, 0.5) is 0 Å². The van der Waals surface area contributed by atoms with Gasteiger partial charge in [0.25, 0.3) is 0 Å². The lowest BCUT2D eigenvalue weighted by molar-refractivity contribution is 0.336. The molecule has 0 bridgehead atoms. The highest BCUT2D eigenvalue weighted by atomic mass is 16.6. The van der Waals surface area contributed by atoms with Gasteiger partial charge in [-0.3, -0.25) is 0 Å². The molecule has 1 saturated heterocycles. The molecule has 1 nitrogen and oxygen atoms in total. The van der Waals surface area contributed by atoms with E-state index in [2.05, 4.69) is 5.92 Å². The molecule has 0 unspecified atom stereocenters. The largest absolute Gasteiger partial charge is 0.352 e. The SMILES string of the molecule is C#C[C@]12CCCC[C@@H]1O2. The van der Waals surface area contributed by atoms with Crippen molar-refractivity contribution in [1.29, 1.82) is 0 Å². The van der Waals surface area contributed by atoms with Gasteiger partial charge in [-0.1, -0.05) is 12.3 Å². The molecular weight excluding hydrogens is 112 g/mol. The maximum atomic E-state index is 5.38. The molecule has 2 atom stereocenters. The van der Waals surface area contributed by atoms with Crippen molar-refractivity contribution in [2.24, 2.45) is 0 Å². The lowest BCUT2D eigenvalue weighted by Crippen LogP contribution is -2.16. The van der Waals surface area contributed by atoms with E-state index in [0.717, 1.165) is 6.42 Å². The first-order valence-electron chi connectivity index (χ1n) is 3.53. The summed E-state index contributed by atoms with van der Waals surface area (Å²) in [7, 11) is 0. The Bertz CT molecular complexity index is 168.